The van der Waals surface area contributed by atoms with E-state index in [9.17, 15) is 46.3 Å². The zero-order valence-electron chi connectivity index (χ0n) is 82.1. The Morgan fingerprint density at radius 3 is 0.922 bits per heavy atom. The van der Waals surface area contributed by atoms with Crippen LogP contribution in [-0.2, 0) is 77.0 Å². The van der Waals surface area contributed by atoms with Gasteiger partial charge in [-0.3, -0.25) is 58.2 Å². The van der Waals surface area contributed by atoms with Gasteiger partial charge in [-0.15, -0.1) is 0 Å². The number of carbonyl (C=O) groups excluding carboxylic acids is 6. The van der Waals surface area contributed by atoms with Crippen molar-refractivity contribution >= 4 is 57.9 Å². The molecule has 12 aromatic rings. The molecule has 24 rings (SSSR count). The fourth-order valence-electron chi connectivity index (χ4n) is 23.8. The van der Waals surface area contributed by atoms with Gasteiger partial charge >= 0.3 is 0 Å². The molecule has 6 aromatic heterocycles. The van der Waals surface area contributed by atoms with Crippen molar-refractivity contribution in [3.63, 3.8) is 0 Å². The molecule has 0 atom stereocenters. The molecular weight excluding hydrogens is 1820 g/mol. The maximum atomic E-state index is 13.5. The fourth-order valence-corrected chi connectivity index (χ4v) is 24.2. The van der Waals surface area contributed by atoms with Crippen molar-refractivity contribution in [1.82, 2.24) is 56.8 Å². The summed E-state index contributed by atoms with van der Waals surface area (Å²) in [6.07, 6.45) is 38.3. The van der Waals surface area contributed by atoms with Crippen LogP contribution in [0.2, 0.25) is 10.0 Å². The maximum absolute atomic E-state index is 13.5. The molecule has 12 aliphatic heterocycles. The van der Waals surface area contributed by atoms with E-state index in [1.807, 2.05) is 105 Å². The average molecular weight is 1950 g/mol. The lowest BCUT2D eigenvalue weighted by molar-refractivity contribution is 0.0907. The molecule has 6 aromatic carbocycles. The number of carbonyl (C=O) groups is 6. The number of likely N-dealkylation sites (tertiary alicyclic amines) is 6. The van der Waals surface area contributed by atoms with Crippen molar-refractivity contribution in [3.05, 3.63) is 316 Å². The summed E-state index contributed by atoms with van der Waals surface area (Å²) >= 11 is 12.2. The van der Waals surface area contributed by atoms with Crippen LogP contribution in [0.5, 0.6) is 0 Å². The summed E-state index contributed by atoms with van der Waals surface area (Å²) in [6.45, 7) is 21.8. The molecule has 0 saturated carbocycles. The summed E-state index contributed by atoms with van der Waals surface area (Å²) < 4.78 is 66.6. The molecule has 0 radical (unpaired) electrons. The summed E-state index contributed by atoms with van der Waals surface area (Å²) in [5.74, 6) is 0.598. The smallest absolute Gasteiger partial charge is 0.178 e. The van der Waals surface area contributed by atoms with Gasteiger partial charge in [-0.2, -0.15) is 0 Å². The molecule has 0 amide bonds. The highest BCUT2D eigenvalue weighted by Crippen LogP contribution is 2.39. The van der Waals surface area contributed by atoms with Crippen molar-refractivity contribution in [3.8, 4) is 34.1 Å². The Bertz CT molecular complexity index is 6240. The number of aryl methyl sites for hydroxylation is 10. The number of nitrogens with zero attached hydrogens (tertiary/aromatic N) is 12. The molecular formula is C117H132Cl2F4N12O6. The highest BCUT2D eigenvalue weighted by atomic mass is 35.5. The van der Waals surface area contributed by atoms with E-state index in [1.54, 1.807) is 24.3 Å². The van der Waals surface area contributed by atoms with E-state index < -0.39 is 0 Å². The Labute approximate surface area is 836 Å². The molecule has 24 heteroatoms. The van der Waals surface area contributed by atoms with Crippen LogP contribution in [0.3, 0.4) is 0 Å². The standard InChI is InChI=1S/C20H23ClN2O.2C20H23FN2O.C19H21ClN2O.2C19H21FN2O/c1-14-11-17(20(24)13-22-9-3-2-4-10-22)19-7-5-15-12-16(21)6-8-18(15)23(14)19;1-14-18(20(24)13-22-9-3-2-4-10-22)12-17-7-5-15-11-16(21)6-8-19(15)23(14)17;1-14-11-17(20(24)13-22-9-3-2-4-10-22)19-7-5-15-12-16(21)6-8-18(15)23(14)19;2*20-15-5-7-17-14(12-15)4-6-18-16(8-11-22(17)18)19(23)13-21-9-2-1-3-10-21;20-16-5-7-18-14(10-16)4-6-17-11-15(12-22(17)18)19(23)13-21-8-2-1-3-9-21/h3*6,8,11-12H,2-5,7,9-10,13H2,1H3;2*5,7-8,11-12H,1-4,6,9-10,13H2;5,7,10-12H,1-4,6,8-9,13H2. The number of fused-ring (bicyclic) bond motifs is 18. The van der Waals surface area contributed by atoms with Crippen molar-refractivity contribution in [2.75, 3.05) is 118 Å². The van der Waals surface area contributed by atoms with Gasteiger partial charge in [0.25, 0.3) is 0 Å². The van der Waals surface area contributed by atoms with Crippen LogP contribution in [0.1, 0.15) is 262 Å². The van der Waals surface area contributed by atoms with Crippen molar-refractivity contribution in [2.24, 2.45) is 0 Å². The molecule has 6 saturated heterocycles. The van der Waals surface area contributed by atoms with E-state index in [1.165, 1.54) is 162 Å². The molecule has 0 unspecified atom stereocenters. The number of rotatable bonds is 18. The van der Waals surface area contributed by atoms with Gasteiger partial charge in [0.1, 0.15) is 23.3 Å². The summed E-state index contributed by atoms with van der Waals surface area (Å²) in [4.78, 5) is 90.2. The normalized spacial score (nSPS) is 17.5. The number of halogens is 6. The topological polar surface area (TPSA) is 151 Å². The number of hydrogen-bond donors (Lipinski definition) is 0. The largest absolute Gasteiger partial charge is 0.320 e. The molecule has 738 valence electrons. The van der Waals surface area contributed by atoms with Crippen LogP contribution < -0.4 is 0 Å². The van der Waals surface area contributed by atoms with Gasteiger partial charge < -0.3 is 27.4 Å². The molecule has 6 fully saturated rings. The highest BCUT2D eigenvalue weighted by Gasteiger charge is 2.34. The second-order valence-corrected chi connectivity index (χ2v) is 41.7. The minimum absolute atomic E-state index is 0.191. The second-order valence-electron chi connectivity index (χ2n) is 40.8. The molecule has 0 spiro atoms. The summed E-state index contributed by atoms with van der Waals surface area (Å²) in [5.41, 5.74) is 28.1. The van der Waals surface area contributed by atoms with Gasteiger partial charge in [0.2, 0.25) is 0 Å². The minimum atomic E-state index is -0.194. The zero-order chi connectivity index (χ0) is 97.5. The minimum Gasteiger partial charge on any atom is -0.320 e. The van der Waals surface area contributed by atoms with Gasteiger partial charge in [0, 0.05) is 147 Å². The molecule has 0 N–H and O–H groups in total. The summed E-state index contributed by atoms with van der Waals surface area (Å²) in [6, 6.07) is 43.9. The first-order valence-electron chi connectivity index (χ1n) is 52.1. The van der Waals surface area contributed by atoms with Crippen LogP contribution in [0.25, 0.3) is 34.1 Å². The molecule has 141 heavy (non-hydrogen) atoms. The van der Waals surface area contributed by atoms with Gasteiger partial charge in [-0.05, 0) is 432 Å². The first-order valence-corrected chi connectivity index (χ1v) is 52.8. The van der Waals surface area contributed by atoms with Crippen LogP contribution >= 0.6 is 23.2 Å². The van der Waals surface area contributed by atoms with Crippen molar-refractivity contribution in [2.45, 2.75) is 213 Å². The Morgan fingerprint density at radius 1 is 0.255 bits per heavy atom. The fraction of sp³-hybridized carbons (Fsp3) is 0.436. The van der Waals surface area contributed by atoms with Crippen molar-refractivity contribution in [1.29, 1.82) is 0 Å². The van der Waals surface area contributed by atoms with Gasteiger partial charge in [-0.1, -0.05) is 61.7 Å². The van der Waals surface area contributed by atoms with Gasteiger partial charge in [-0.25, -0.2) is 17.6 Å². The van der Waals surface area contributed by atoms with E-state index in [-0.39, 0.29) is 58.0 Å². The van der Waals surface area contributed by atoms with Crippen LogP contribution in [0.15, 0.2) is 164 Å². The van der Waals surface area contributed by atoms with Gasteiger partial charge in [0.05, 0.1) is 39.3 Å². The number of ketones is 6. The summed E-state index contributed by atoms with van der Waals surface area (Å²) in [7, 11) is 0. The van der Waals surface area contributed by atoms with E-state index in [0.29, 0.717) is 39.3 Å². The predicted octanol–water partition coefficient (Wildman–Crippen LogP) is 22.3. The van der Waals surface area contributed by atoms with Gasteiger partial charge in [0.15, 0.2) is 34.7 Å². The average Bonchev–Trinajstić information content (AvgIpc) is 1.39. The SMILES string of the molecule is Cc1c(C(=O)CN2CCCCC2)cc2n1-c1ccc(F)cc1CC2.Cc1cc(C(=O)CN2CCCCC2)c2n1-c1ccc(Cl)cc1CC2.Cc1cc(C(=O)CN2CCCCC2)c2n1-c1ccc(F)cc1CC2.O=C(CN1CCCCC1)c1cc2n(c1)-c1ccc(F)cc1CC2.O=C(CN1CCCCC1)c1ccn2c1CCc1cc(Cl)ccc1-2.O=C(CN1CCCCC1)c1ccn2c1CCc1cc(F)ccc1-2. The number of piperidine rings is 6. The third-order valence-corrected chi connectivity index (χ3v) is 31.5. The Morgan fingerprint density at radius 2 is 0.539 bits per heavy atom. The van der Waals surface area contributed by atoms with E-state index in [4.69, 9.17) is 23.2 Å². The molecule has 0 bridgehead atoms. The second kappa shape index (κ2) is 44.9. The zero-order valence-corrected chi connectivity index (χ0v) is 83.6. The van der Waals surface area contributed by atoms with Crippen LogP contribution in [0, 0.1) is 44.0 Å². The number of benzene rings is 6. The molecule has 12 aliphatic rings. The van der Waals surface area contributed by atoms with Crippen LogP contribution in [0.4, 0.5) is 17.6 Å². The quantitative estimate of drug-likeness (QED) is 0.0594. The third kappa shape index (κ3) is 22.7. The monoisotopic (exact) mass is 1950 g/mol. The third-order valence-electron chi connectivity index (χ3n) is 31.1. The molecule has 0 aliphatic carbocycles. The number of hydrogen-bond acceptors (Lipinski definition) is 12. The van der Waals surface area contributed by atoms with Crippen molar-refractivity contribution < 1.29 is 46.3 Å². The maximum Gasteiger partial charge on any atom is 0.178 e. The molecule has 18 heterocycles. The number of Topliss-reactive ketones (excluding diaryl/α,β-unsaturated/α-hetero) is 6. The Hall–Kier alpha value is -10.9. The van der Waals surface area contributed by atoms with E-state index >= 15 is 0 Å². The molecule has 18 nitrogen and oxygen atoms in total. The van der Waals surface area contributed by atoms with E-state index in [2.05, 4.69) is 88.0 Å². The lowest BCUT2D eigenvalue weighted by Gasteiger charge is -2.26. The lowest BCUT2D eigenvalue weighted by Crippen LogP contribution is -2.34. The van der Waals surface area contributed by atoms with E-state index in [0.717, 1.165) is 295 Å². The predicted molar refractivity (Wildman–Crippen MR) is 551 cm³/mol. The lowest BCUT2D eigenvalue weighted by atomic mass is 9.98. The van der Waals surface area contributed by atoms with Crippen LogP contribution in [-0.4, -0.2) is 209 Å². The number of aromatic nitrogens is 6. The Balaban J connectivity index is 0.000000108. The highest BCUT2D eigenvalue weighted by molar-refractivity contribution is 6.31. The Kier molecular flexibility index (Phi) is 31.5. The first-order chi connectivity index (χ1) is 68.5. The first kappa shape index (κ1) is 98.8. The summed E-state index contributed by atoms with van der Waals surface area (Å²) in [5, 5.41) is 1.56.